The number of non-ortho nitro benzene ring substituents is 1. The summed E-state index contributed by atoms with van der Waals surface area (Å²) in [6.45, 7) is 0. The number of nitro benzene ring substituents is 1. The number of sulfonamides is 1. The van der Waals surface area contributed by atoms with E-state index >= 15 is 0 Å². The van der Waals surface area contributed by atoms with Crippen molar-refractivity contribution in [1.82, 2.24) is 10.2 Å². The first-order valence-corrected chi connectivity index (χ1v) is 10.1. The Kier molecular flexibility index (Phi) is 5.53. The first-order chi connectivity index (χ1) is 13.2. The number of benzene rings is 2. The summed E-state index contributed by atoms with van der Waals surface area (Å²) in [6, 6.07) is 10.9. The van der Waals surface area contributed by atoms with Gasteiger partial charge in [-0.15, -0.1) is 10.2 Å². The van der Waals surface area contributed by atoms with Crippen LogP contribution in [0.3, 0.4) is 0 Å². The largest absolute Gasteiger partial charge is 0.411 e. The van der Waals surface area contributed by atoms with Crippen molar-refractivity contribution in [3.05, 3.63) is 64.2 Å². The van der Waals surface area contributed by atoms with Crippen molar-refractivity contribution in [3.8, 4) is 11.5 Å². The molecule has 0 unspecified atom stereocenters. The van der Waals surface area contributed by atoms with E-state index in [0.717, 1.165) is 11.8 Å². The molecule has 1 heterocycles. The second kappa shape index (κ2) is 7.88. The summed E-state index contributed by atoms with van der Waals surface area (Å²) in [5, 5.41) is 23.5. The zero-order valence-corrected chi connectivity index (χ0v) is 15.6. The van der Waals surface area contributed by atoms with Crippen LogP contribution in [0.25, 0.3) is 11.5 Å². The Bertz CT molecular complexity index is 1120. The molecule has 3 aromatic rings. The molecule has 0 saturated carbocycles. The number of thioether (sulfide) groups is 1. The highest BCUT2D eigenvalue weighted by Crippen LogP contribution is 2.25. The van der Waals surface area contributed by atoms with Crippen molar-refractivity contribution < 1.29 is 22.6 Å². The minimum Gasteiger partial charge on any atom is -0.411 e. The molecule has 2 aromatic carbocycles. The third kappa shape index (κ3) is 4.60. The predicted octanol–water partition coefficient (Wildman–Crippen LogP) is 2.27. The van der Waals surface area contributed by atoms with Crippen molar-refractivity contribution >= 4 is 33.3 Å². The normalized spacial score (nSPS) is 11.3. The van der Waals surface area contributed by atoms with Gasteiger partial charge in [0.25, 0.3) is 10.9 Å². The lowest BCUT2D eigenvalue weighted by Gasteiger charge is -1.99. The SMILES string of the molecule is NS(=O)(=O)c1ccc(-c2nnc(SCC(=O)c3ccc([N+](=O)[O-])cc3)o2)cc1. The van der Waals surface area contributed by atoms with E-state index in [1.165, 1.54) is 48.5 Å². The highest BCUT2D eigenvalue weighted by Gasteiger charge is 2.14. The Morgan fingerprint density at radius 1 is 1.11 bits per heavy atom. The lowest BCUT2D eigenvalue weighted by molar-refractivity contribution is -0.384. The fraction of sp³-hybridized carbons (Fsp3) is 0.0625. The number of nitro groups is 1. The molecule has 2 N–H and O–H groups in total. The maximum atomic E-state index is 12.2. The van der Waals surface area contributed by atoms with E-state index in [9.17, 15) is 23.3 Å². The molecule has 3 rings (SSSR count). The number of ketones is 1. The van der Waals surface area contributed by atoms with E-state index < -0.39 is 14.9 Å². The van der Waals surface area contributed by atoms with E-state index in [4.69, 9.17) is 9.56 Å². The lowest BCUT2D eigenvalue weighted by atomic mass is 10.1. The molecule has 0 aliphatic carbocycles. The summed E-state index contributed by atoms with van der Waals surface area (Å²) in [5.41, 5.74) is 0.726. The number of hydrogen-bond acceptors (Lipinski definition) is 9. The maximum Gasteiger partial charge on any atom is 0.277 e. The number of carbonyl (C=O) groups is 1. The standard InChI is InChI=1S/C16H12N4O6S2/c17-28(24,25)13-7-3-11(4-8-13)15-18-19-16(26-15)27-9-14(21)10-1-5-12(6-2-10)20(22)23/h1-8H,9H2,(H2,17,24,25). The average Bonchev–Trinajstić information content (AvgIpc) is 3.14. The molecule has 144 valence electrons. The van der Waals surface area contributed by atoms with Gasteiger partial charge in [-0.3, -0.25) is 14.9 Å². The van der Waals surface area contributed by atoms with Gasteiger partial charge in [0.15, 0.2) is 5.78 Å². The zero-order chi connectivity index (χ0) is 20.3. The van der Waals surface area contributed by atoms with E-state index in [2.05, 4.69) is 10.2 Å². The third-order valence-electron chi connectivity index (χ3n) is 3.56. The molecule has 0 aliphatic heterocycles. The van der Waals surface area contributed by atoms with Crippen LogP contribution in [0.1, 0.15) is 10.4 Å². The number of rotatable bonds is 7. The van der Waals surface area contributed by atoms with Crippen LogP contribution in [-0.4, -0.2) is 35.1 Å². The van der Waals surface area contributed by atoms with Crippen LogP contribution >= 0.6 is 11.8 Å². The van der Waals surface area contributed by atoms with Gasteiger partial charge in [0.1, 0.15) is 0 Å². The van der Waals surface area contributed by atoms with Gasteiger partial charge < -0.3 is 4.42 Å². The van der Waals surface area contributed by atoms with Crippen molar-refractivity contribution in [3.63, 3.8) is 0 Å². The molecule has 0 aliphatic rings. The Hall–Kier alpha value is -3.09. The van der Waals surface area contributed by atoms with Crippen LogP contribution in [0.2, 0.25) is 0 Å². The number of primary sulfonamides is 1. The third-order valence-corrected chi connectivity index (χ3v) is 5.31. The van der Waals surface area contributed by atoms with Crippen LogP contribution in [0, 0.1) is 10.1 Å². The summed E-state index contributed by atoms with van der Waals surface area (Å²) in [6.07, 6.45) is 0. The molecule has 1 aromatic heterocycles. The molecule has 12 heteroatoms. The van der Waals surface area contributed by atoms with Crippen LogP contribution in [0.15, 0.2) is 63.1 Å². The number of hydrogen-bond donors (Lipinski definition) is 1. The van der Waals surface area contributed by atoms with Gasteiger partial charge in [-0.2, -0.15) is 0 Å². The second-order valence-electron chi connectivity index (χ2n) is 5.46. The molecule has 0 saturated heterocycles. The van der Waals surface area contributed by atoms with Crippen molar-refractivity contribution in [2.75, 3.05) is 5.75 Å². The molecular weight excluding hydrogens is 408 g/mol. The fourth-order valence-electron chi connectivity index (χ4n) is 2.15. The van der Waals surface area contributed by atoms with E-state index in [0.29, 0.717) is 11.1 Å². The van der Waals surface area contributed by atoms with Crippen molar-refractivity contribution in [2.45, 2.75) is 10.1 Å². The average molecular weight is 420 g/mol. The van der Waals surface area contributed by atoms with Gasteiger partial charge >= 0.3 is 0 Å². The summed E-state index contributed by atoms with van der Waals surface area (Å²) >= 11 is 1.02. The number of aromatic nitrogens is 2. The fourth-order valence-corrected chi connectivity index (χ4v) is 3.32. The summed E-state index contributed by atoms with van der Waals surface area (Å²) < 4.78 is 28.0. The summed E-state index contributed by atoms with van der Waals surface area (Å²) in [4.78, 5) is 22.2. The van der Waals surface area contributed by atoms with Crippen LogP contribution in [0.4, 0.5) is 5.69 Å². The zero-order valence-electron chi connectivity index (χ0n) is 14.0. The highest BCUT2D eigenvalue weighted by atomic mass is 32.2. The molecule has 0 atom stereocenters. The van der Waals surface area contributed by atoms with E-state index in [1.54, 1.807) is 0 Å². The highest BCUT2D eigenvalue weighted by molar-refractivity contribution is 7.99. The first kappa shape index (κ1) is 19.7. The van der Waals surface area contributed by atoms with Gasteiger partial charge in [0, 0.05) is 23.3 Å². The number of carbonyl (C=O) groups excluding carboxylic acids is 1. The predicted molar refractivity (Wildman–Crippen MR) is 99.3 cm³/mol. The maximum absolute atomic E-state index is 12.2. The quantitative estimate of drug-likeness (QED) is 0.262. The van der Waals surface area contributed by atoms with Crippen molar-refractivity contribution in [2.24, 2.45) is 5.14 Å². The van der Waals surface area contributed by atoms with E-state index in [1.807, 2.05) is 0 Å². The Morgan fingerprint density at radius 2 is 1.75 bits per heavy atom. The molecular formula is C16H12N4O6S2. The topological polar surface area (TPSA) is 159 Å². The second-order valence-corrected chi connectivity index (χ2v) is 7.95. The number of nitrogens with zero attached hydrogens (tertiary/aromatic N) is 3. The summed E-state index contributed by atoms with van der Waals surface area (Å²) in [5.74, 6) is -0.0903. The number of Topliss-reactive ketones (excluding diaryl/α,β-unsaturated/α-hetero) is 1. The van der Waals surface area contributed by atoms with Gasteiger partial charge in [-0.1, -0.05) is 11.8 Å². The smallest absolute Gasteiger partial charge is 0.277 e. The Morgan fingerprint density at radius 3 is 2.32 bits per heavy atom. The molecule has 28 heavy (non-hydrogen) atoms. The number of nitrogens with two attached hydrogens (primary N) is 1. The molecule has 0 bridgehead atoms. The molecule has 0 amide bonds. The van der Waals surface area contributed by atoms with Gasteiger partial charge in [0.05, 0.1) is 15.6 Å². The van der Waals surface area contributed by atoms with E-state index in [-0.39, 0.29) is 33.2 Å². The first-order valence-electron chi connectivity index (χ1n) is 7.61. The Balaban J connectivity index is 1.64. The lowest BCUT2D eigenvalue weighted by Crippen LogP contribution is -2.11. The van der Waals surface area contributed by atoms with Gasteiger partial charge in [0.2, 0.25) is 15.9 Å². The van der Waals surface area contributed by atoms with Crippen LogP contribution in [0.5, 0.6) is 0 Å². The Labute approximate surface area is 163 Å². The molecule has 0 radical (unpaired) electrons. The molecule has 10 nitrogen and oxygen atoms in total. The van der Waals surface area contributed by atoms with Gasteiger partial charge in [-0.25, -0.2) is 13.6 Å². The van der Waals surface area contributed by atoms with Crippen LogP contribution in [-0.2, 0) is 10.0 Å². The molecule has 0 spiro atoms. The van der Waals surface area contributed by atoms with Gasteiger partial charge in [-0.05, 0) is 36.4 Å². The minimum atomic E-state index is -3.79. The molecule has 0 fully saturated rings. The minimum absolute atomic E-state index is 0.00377. The summed E-state index contributed by atoms with van der Waals surface area (Å²) in [7, 11) is -3.79. The van der Waals surface area contributed by atoms with Crippen LogP contribution < -0.4 is 5.14 Å². The monoisotopic (exact) mass is 420 g/mol. The van der Waals surface area contributed by atoms with Crippen molar-refractivity contribution in [1.29, 1.82) is 0 Å².